The Bertz CT molecular complexity index is 1070. The van der Waals surface area contributed by atoms with Crippen LogP contribution >= 0.6 is 22.7 Å². The number of rotatable bonds is 5. The summed E-state index contributed by atoms with van der Waals surface area (Å²) in [5, 5.41) is 9.24. The second-order valence-electron chi connectivity index (χ2n) is 5.81. The molecule has 7 heteroatoms. The third-order valence-electron chi connectivity index (χ3n) is 4.08. The Morgan fingerprint density at radius 1 is 1.15 bits per heavy atom. The summed E-state index contributed by atoms with van der Waals surface area (Å²) in [4.78, 5) is 17.6. The second-order valence-corrected chi connectivity index (χ2v) is 7.60. The molecule has 0 radical (unpaired) electrons. The lowest BCUT2D eigenvalue weighted by molar-refractivity contribution is 0.0520. The van der Waals surface area contributed by atoms with E-state index in [0.717, 1.165) is 27.4 Å². The van der Waals surface area contributed by atoms with Crippen molar-refractivity contribution in [3.63, 3.8) is 0 Å². The van der Waals surface area contributed by atoms with Crippen molar-refractivity contribution in [2.45, 2.75) is 13.8 Å². The fraction of sp³-hybridized carbons (Fsp3) is 0.150. The zero-order chi connectivity index (χ0) is 18.8. The third-order valence-corrected chi connectivity index (χ3v) is 5.77. The van der Waals surface area contributed by atoms with Gasteiger partial charge in [0.15, 0.2) is 5.69 Å². The molecule has 0 bridgehead atoms. The maximum absolute atomic E-state index is 12.0. The van der Waals surface area contributed by atoms with Gasteiger partial charge in [-0.1, -0.05) is 36.4 Å². The van der Waals surface area contributed by atoms with Crippen LogP contribution < -0.4 is 0 Å². The molecule has 0 fully saturated rings. The first-order valence-corrected chi connectivity index (χ1v) is 10.3. The van der Waals surface area contributed by atoms with Gasteiger partial charge in [-0.15, -0.1) is 22.7 Å². The number of aromatic nitrogens is 3. The van der Waals surface area contributed by atoms with Crippen molar-refractivity contribution in [1.29, 1.82) is 0 Å². The highest BCUT2D eigenvalue weighted by molar-refractivity contribution is 7.13. The average molecular weight is 396 g/mol. The van der Waals surface area contributed by atoms with Crippen LogP contribution in [0, 0.1) is 6.92 Å². The van der Waals surface area contributed by atoms with Crippen molar-refractivity contribution < 1.29 is 9.53 Å². The summed E-state index contributed by atoms with van der Waals surface area (Å²) in [6, 6.07) is 14.2. The van der Waals surface area contributed by atoms with E-state index in [9.17, 15) is 4.79 Å². The lowest BCUT2D eigenvalue weighted by Gasteiger charge is -2.03. The third kappa shape index (κ3) is 3.31. The zero-order valence-corrected chi connectivity index (χ0v) is 16.5. The molecule has 0 atom stereocenters. The normalized spacial score (nSPS) is 10.9. The summed E-state index contributed by atoms with van der Waals surface area (Å²) in [6.45, 7) is 4.18. The number of ether oxygens (including phenoxy) is 1. The summed E-state index contributed by atoms with van der Waals surface area (Å²) in [5.74, 6) is -0.412. The number of hydrogen-bond donors (Lipinski definition) is 0. The van der Waals surface area contributed by atoms with Gasteiger partial charge in [-0.2, -0.15) is 5.10 Å². The molecule has 0 amide bonds. The maximum Gasteiger partial charge on any atom is 0.357 e. The predicted octanol–water partition coefficient (Wildman–Crippen LogP) is 5.21. The summed E-state index contributed by atoms with van der Waals surface area (Å²) < 4.78 is 6.89. The van der Waals surface area contributed by atoms with Gasteiger partial charge in [-0.05, 0) is 25.3 Å². The lowest BCUT2D eigenvalue weighted by Crippen LogP contribution is -2.06. The Morgan fingerprint density at radius 3 is 2.67 bits per heavy atom. The fourth-order valence-corrected chi connectivity index (χ4v) is 4.43. The van der Waals surface area contributed by atoms with Crippen molar-refractivity contribution >= 4 is 28.6 Å². The van der Waals surface area contributed by atoms with E-state index in [0.29, 0.717) is 17.4 Å². The zero-order valence-electron chi connectivity index (χ0n) is 14.9. The minimum absolute atomic E-state index is 0.309. The van der Waals surface area contributed by atoms with E-state index in [1.54, 1.807) is 23.6 Å². The number of thiazole rings is 1. The average Bonchev–Trinajstić information content (AvgIpc) is 3.42. The summed E-state index contributed by atoms with van der Waals surface area (Å²) in [7, 11) is 0. The first-order valence-electron chi connectivity index (χ1n) is 8.51. The van der Waals surface area contributed by atoms with Crippen LogP contribution in [0.25, 0.3) is 27.0 Å². The van der Waals surface area contributed by atoms with Gasteiger partial charge in [0.25, 0.3) is 0 Å². The molecule has 3 aromatic heterocycles. The van der Waals surface area contributed by atoms with Crippen LogP contribution in [-0.2, 0) is 4.74 Å². The van der Waals surface area contributed by atoms with E-state index >= 15 is 0 Å². The van der Waals surface area contributed by atoms with Gasteiger partial charge in [0.2, 0.25) is 5.13 Å². The molecule has 0 aliphatic carbocycles. The van der Waals surface area contributed by atoms with Gasteiger partial charge in [0, 0.05) is 16.5 Å². The number of esters is 1. The van der Waals surface area contributed by atoms with E-state index < -0.39 is 5.97 Å². The van der Waals surface area contributed by atoms with Crippen LogP contribution in [0.4, 0.5) is 0 Å². The van der Waals surface area contributed by atoms with Crippen LogP contribution in [0.2, 0.25) is 0 Å². The van der Waals surface area contributed by atoms with E-state index in [-0.39, 0.29) is 0 Å². The van der Waals surface area contributed by atoms with Crippen LogP contribution in [0.1, 0.15) is 23.0 Å². The number of carbonyl (C=O) groups is 1. The van der Waals surface area contributed by atoms with Crippen molar-refractivity contribution in [2.75, 3.05) is 6.61 Å². The largest absolute Gasteiger partial charge is 0.461 e. The number of nitrogens with zero attached hydrogens (tertiary/aromatic N) is 3. The molecule has 0 saturated heterocycles. The van der Waals surface area contributed by atoms with Crippen molar-refractivity contribution in [3.8, 4) is 27.0 Å². The lowest BCUT2D eigenvalue weighted by atomic mass is 10.1. The number of benzene rings is 1. The van der Waals surface area contributed by atoms with Gasteiger partial charge in [-0.3, -0.25) is 0 Å². The molecule has 5 nitrogen and oxygen atoms in total. The highest BCUT2D eigenvalue weighted by atomic mass is 32.1. The molecule has 0 saturated carbocycles. The molecular weight excluding hydrogens is 378 g/mol. The van der Waals surface area contributed by atoms with Crippen molar-refractivity contribution in [2.24, 2.45) is 0 Å². The number of carbonyl (C=O) groups excluding carboxylic acids is 1. The SMILES string of the molecule is CCOC(=O)c1csc(-n2nc(-c3ccccc3)c(C)c2-c2cccs2)n1. The maximum atomic E-state index is 12.0. The van der Waals surface area contributed by atoms with Crippen molar-refractivity contribution in [3.05, 3.63) is 64.5 Å². The molecule has 136 valence electrons. The Labute approximate surface area is 164 Å². The standard InChI is InChI=1S/C20H17N3O2S2/c1-3-25-19(24)15-12-27-20(21-15)23-18(16-10-7-11-26-16)13(2)17(22-23)14-8-5-4-6-9-14/h4-12H,3H2,1-2H3. The highest BCUT2D eigenvalue weighted by Crippen LogP contribution is 2.36. The van der Waals surface area contributed by atoms with Crippen LogP contribution in [-0.4, -0.2) is 27.3 Å². The minimum atomic E-state index is -0.412. The topological polar surface area (TPSA) is 57.0 Å². The molecule has 27 heavy (non-hydrogen) atoms. The van der Waals surface area contributed by atoms with E-state index in [2.05, 4.69) is 18.0 Å². The van der Waals surface area contributed by atoms with E-state index in [4.69, 9.17) is 9.84 Å². The molecule has 4 rings (SSSR count). The van der Waals surface area contributed by atoms with Crippen LogP contribution in [0.3, 0.4) is 0 Å². The molecule has 0 aliphatic heterocycles. The molecule has 0 unspecified atom stereocenters. The van der Waals surface area contributed by atoms with Crippen molar-refractivity contribution in [1.82, 2.24) is 14.8 Å². The Hall–Kier alpha value is -2.77. The Kier molecular flexibility index (Phi) is 4.87. The second kappa shape index (κ2) is 7.46. The Balaban J connectivity index is 1.86. The summed E-state index contributed by atoms with van der Waals surface area (Å²) >= 11 is 3.03. The van der Waals surface area contributed by atoms with Gasteiger partial charge in [0.1, 0.15) is 0 Å². The molecule has 1 aromatic carbocycles. The van der Waals surface area contributed by atoms with E-state index in [1.165, 1.54) is 11.3 Å². The number of hydrogen-bond acceptors (Lipinski definition) is 6. The molecular formula is C20H17N3O2S2. The summed E-state index contributed by atoms with van der Waals surface area (Å²) in [5.41, 5.74) is 4.34. The summed E-state index contributed by atoms with van der Waals surface area (Å²) in [6.07, 6.45) is 0. The van der Waals surface area contributed by atoms with Crippen LogP contribution in [0.5, 0.6) is 0 Å². The number of thiophene rings is 1. The molecule has 0 spiro atoms. The monoisotopic (exact) mass is 395 g/mol. The Morgan fingerprint density at radius 2 is 1.96 bits per heavy atom. The minimum Gasteiger partial charge on any atom is -0.461 e. The predicted molar refractivity (Wildman–Crippen MR) is 109 cm³/mol. The molecule has 0 N–H and O–H groups in total. The smallest absolute Gasteiger partial charge is 0.357 e. The van der Waals surface area contributed by atoms with E-state index in [1.807, 2.05) is 46.5 Å². The van der Waals surface area contributed by atoms with Gasteiger partial charge in [-0.25, -0.2) is 14.5 Å². The highest BCUT2D eigenvalue weighted by Gasteiger charge is 2.22. The van der Waals surface area contributed by atoms with Gasteiger partial charge in [0.05, 0.1) is 22.9 Å². The quantitative estimate of drug-likeness (QED) is 0.435. The van der Waals surface area contributed by atoms with Gasteiger partial charge >= 0.3 is 5.97 Å². The molecule has 0 aliphatic rings. The molecule has 3 heterocycles. The fourth-order valence-electron chi connectivity index (χ4n) is 2.87. The van der Waals surface area contributed by atoms with Crippen LogP contribution in [0.15, 0.2) is 53.2 Å². The first kappa shape index (κ1) is 17.6. The molecule has 4 aromatic rings. The van der Waals surface area contributed by atoms with Gasteiger partial charge < -0.3 is 4.74 Å². The first-order chi connectivity index (χ1) is 13.2.